The quantitative estimate of drug-likeness (QED) is 0.166. The molecule has 0 spiro atoms. The number of fused-ring (bicyclic) bond motifs is 3. The molecule has 1 nitrogen and oxygen atoms in total. The van der Waals surface area contributed by atoms with Gasteiger partial charge in [0.25, 0.3) is 0 Å². The van der Waals surface area contributed by atoms with Gasteiger partial charge in [0.1, 0.15) is 5.75 Å². The summed E-state index contributed by atoms with van der Waals surface area (Å²) in [7, 11) is 0. The van der Waals surface area contributed by atoms with Gasteiger partial charge in [-0.05, 0) is 41.0 Å². The Morgan fingerprint density at radius 3 is 2.03 bits per heavy atom. The van der Waals surface area contributed by atoms with Gasteiger partial charge in [-0.15, -0.1) is 60.7 Å². The number of phenolic OH excluding ortho intramolecular Hbond substituents is 1. The zero-order valence-corrected chi connectivity index (χ0v) is 23.9. The van der Waals surface area contributed by atoms with Crippen molar-refractivity contribution in [3.05, 3.63) is 108 Å². The van der Waals surface area contributed by atoms with Gasteiger partial charge in [-0.3, -0.25) is 0 Å². The zero-order chi connectivity index (χ0) is 24.0. The zero-order valence-electron chi connectivity index (χ0n) is 20.7. The molecule has 0 saturated carbocycles. The van der Waals surface area contributed by atoms with E-state index in [9.17, 15) is 5.11 Å². The summed E-state index contributed by atoms with van der Waals surface area (Å²) in [6, 6.07) is 33.8. The molecule has 0 bridgehead atoms. The number of rotatable bonds is 1. The number of benzene rings is 4. The minimum Gasteiger partial charge on any atom is -0.114 e. The van der Waals surface area contributed by atoms with Gasteiger partial charge >= 0.3 is 24.8 Å². The van der Waals surface area contributed by atoms with Crippen molar-refractivity contribution in [3.63, 3.8) is 0 Å². The van der Waals surface area contributed by atoms with Crippen LogP contribution in [0.15, 0.2) is 97.1 Å². The normalized spacial score (nSPS) is 10.2. The molecule has 2 aliphatic rings. The second-order valence-electron chi connectivity index (χ2n) is 9.17. The third kappa shape index (κ3) is 7.60. The Labute approximate surface area is 233 Å². The predicted octanol–water partition coefficient (Wildman–Crippen LogP) is 9.14. The van der Waals surface area contributed by atoms with Crippen molar-refractivity contribution in [2.24, 2.45) is 0 Å². The van der Waals surface area contributed by atoms with Gasteiger partial charge in [0.15, 0.2) is 0 Å². The van der Waals surface area contributed by atoms with Crippen molar-refractivity contribution in [2.75, 3.05) is 0 Å². The predicted molar refractivity (Wildman–Crippen MR) is 155 cm³/mol. The summed E-state index contributed by atoms with van der Waals surface area (Å²) < 4.78 is 0. The van der Waals surface area contributed by atoms with Gasteiger partial charge in [0.05, 0.1) is 0 Å². The second kappa shape index (κ2) is 13.7. The number of aryl methyl sites for hydroxylation is 1. The van der Waals surface area contributed by atoms with Crippen LogP contribution < -0.4 is 0 Å². The third-order valence-electron chi connectivity index (χ3n) is 5.67. The standard InChI is InChI=1S/C19H13.C11H16O.CH2.2ClH.Ti/c1-2-7-14(8-3-1)16-11-6-12-18-17-10-5-4-9-15(17)13-19(16)18;1-8-5-9(11(2,3)4)7-10(12)6-8;;;;/h1-13H;5-7,12H,1-4H3;1H2;2*1H;/q-1;;;;;+1. The smallest absolute Gasteiger partial charge is 0.0453 e. The van der Waals surface area contributed by atoms with Gasteiger partial charge in [-0.25, -0.2) is 0 Å². The Balaban J connectivity index is 0.000000337. The Hall–Kier alpha value is -2.29. The maximum atomic E-state index is 9.36. The Morgan fingerprint density at radius 1 is 0.771 bits per heavy atom. The summed E-state index contributed by atoms with van der Waals surface area (Å²) in [6.45, 7) is 8.42. The molecule has 0 aliphatic heterocycles. The molecule has 0 amide bonds. The van der Waals surface area contributed by atoms with Crippen molar-refractivity contribution >= 4 is 40.4 Å². The van der Waals surface area contributed by atoms with E-state index in [0.717, 1.165) is 5.56 Å². The van der Waals surface area contributed by atoms with Crippen LogP contribution >= 0.6 is 24.8 Å². The first-order valence-corrected chi connectivity index (χ1v) is 12.2. The van der Waals surface area contributed by atoms with Crippen molar-refractivity contribution in [1.29, 1.82) is 0 Å². The van der Waals surface area contributed by atoms with E-state index in [2.05, 4.69) is 111 Å². The van der Waals surface area contributed by atoms with Crippen LogP contribution in [0.2, 0.25) is 0 Å². The van der Waals surface area contributed by atoms with Crippen molar-refractivity contribution in [1.82, 2.24) is 0 Å². The van der Waals surface area contributed by atoms with E-state index in [-0.39, 0.29) is 30.2 Å². The molecular formula is C31H33Cl2OTi. The maximum absolute atomic E-state index is 9.36. The molecule has 181 valence electrons. The number of hydrogen-bond donors (Lipinski definition) is 1. The fourth-order valence-corrected chi connectivity index (χ4v) is 4.04. The molecule has 5 rings (SSSR count). The van der Waals surface area contributed by atoms with Crippen LogP contribution in [0.3, 0.4) is 0 Å². The fraction of sp³-hybridized carbons (Fsp3) is 0.161. The molecule has 0 saturated heterocycles. The molecule has 35 heavy (non-hydrogen) atoms. The van der Waals surface area contributed by atoms with E-state index < -0.39 is 0 Å². The van der Waals surface area contributed by atoms with Crippen LogP contribution in [0.1, 0.15) is 31.9 Å². The molecule has 1 N–H and O–H groups in total. The van der Waals surface area contributed by atoms with Crippen LogP contribution in [0.5, 0.6) is 5.75 Å². The van der Waals surface area contributed by atoms with E-state index in [1.54, 1.807) is 26.0 Å². The molecule has 3 aromatic carbocycles. The maximum Gasteiger partial charge on any atom is -0.0453 e. The third-order valence-corrected chi connectivity index (χ3v) is 5.67. The number of hydrogen-bond acceptors (Lipinski definition) is 1. The monoisotopic (exact) mass is 539 g/mol. The number of phenols is 1. The van der Waals surface area contributed by atoms with Crippen molar-refractivity contribution in [3.8, 4) is 28.0 Å². The van der Waals surface area contributed by atoms with Crippen LogP contribution in [-0.4, -0.2) is 9.92 Å². The minimum absolute atomic E-state index is 0. The van der Waals surface area contributed by atoms with Gasteiger partial charge < -0.3 is 5.11 Å². The first-order chi connectivity index (χ1) is 15.8. The molecule has 0 aromatic heterocycles. The molecule has 0 radical (unpaired) electrons. The first-order valence-electron chi connectivity index (χ1n) is 11.1. The van der Waals surface area contributed by atoms with Crippen molar-refractivity contribution in [2.45, 2.75) is 33.1 Å². The molecule has 4 heteroatoms. The summed E-state index contributed by atoms with van der Waals surface area (Å²) in [5.74, 6) is 0.361. The Morgan fingerprint density at radius 2 is 1.40 bits per heavy atom. The van der Waals surface area contributed by atoms with Crippen LogP contribution in [0, 0.1) is 6.92 Å². The van der Waals surface area contributed by atoms with E-state index >= 15 is 0 Å². The fourth-order valence-electron chi connectivity index (χ4n) is 4.04. The molecule has 0 unspecified atom stereocenters. The van der Waals surface area contributed by atoms with Gasteiger partial charge in [-0.1, -0.05) is 97.4 Å². The average molecular weight is 540 g/mol. The number of aromatic hydroxyl groups is 1. The molecule has 0 heterocycles. The van der Waals surface area contributed by atoms with E-state index in [0.29, 0.717) is 5.75 Å². The SMILES string of the molecule is Cc1cc(O)cc(C(C)(C)C)c1.Cl.Cl.[CH2]=[Ti+].c1ccc(-[c-]2cccc3c4ccccc4cc2-3)cc1. The van der Waals surface area contributed by atoms with E-state index in [1.165, 1.54) is 38.6 Å². The van der Waals surface area contributed by atoms with Crippen LogP contribution in [0.4, 0.5) is 0 Å². The van der Waals surface area contributed by atoms with Gasteiger partial charge in [0, 0.05) is 0 Å². The Kier molecular flexibility index (Phi) is 12.0. The minimum atomic E-state index is 0. The topological polar surface area (TPSA) is 20.2 Å². The summed E-state index contributed by atoms with van der Waals surface area (Å²) >= 11 is 1.75. The van der Waals surface area contributed by atoms with Gasteiger partial charge in [-0.2, -0.15) is 0 Å². The molecule has 2 aliphatic carbocycles. The molecule has 3 aromatic rings. The van der Waals surface area contributed by atoms with E-state index in [4.69, 9.17) is 0 Å². The van der Waals surface area contributed by atoms with Crippen molar-refractivity contribution < 1.29 is 25.1 Å². The summed E-state index contributed by atoms with van der Waals surface area (Å²) in [4.78, 5) is 3.25. The van der Waals surface area contributed by atoms with E-state index in [1.807, 2.05) is 13.0 Å². The van der Waals surface area contributed by atoms with Crippen LogP contribution in [-0.2, 0) is 25.4 Å². The first kappa shape index (κ1) is 30.7. The molecular weight excluding hydrogens is 507 g/mol. The molecule has 0 fully saturated rings. The van der Waals surface area contributed by atoms with Gasteiger partial charge in [0.2, 0.25) is 0 Å². The number of halogens is 2. The summed E-state index contributed by atoms with van der Waals surface area (Å²) in [5, 5.41) is 12.0. The summed E-state index contributed by atoms with van der Waals surface area (Å²) in [6.07, 6.45) is 0. The second-order valence-corrected chi connectivity index (χ2v) is 9.17. The Bertz CT molecular complexity index is 1280. The molecule has 0 atom stereocenters. The summed E-state index contributed by atoms with van der Waals surface area (Å²) in [5.41, 5.74) is 7.69. The van der Waals surface area contributed by atoms with Crippen LogP contribution in [0.25, 0.3) is 33.0 Å². The largest absolute Gasteiger partial charge is 0.114 e. The average Bonchev–Trinajstić information content (AvgIpc) is 3.19.